The fourth-order valence-electron chi connectivity index (χ4n) is 2.86. The Balaban J connectivity index is 1.70. The van der Waals surface area contributed by atoms with Crippen LogP contribution in [0.5, 0.6) is 0 Å². The van der Waals surface area contributed by atoms with Crippen LogP contribution in [0.25, 0.3) is 0 Å². The molecule has 1 aliphatic rings. The molecule has 0 N–H and O–H groups in total. The topological polar surface area (TPSA) is 36.4 Å². The minimum atomic E-state index is 0.167. The lowest BCUT2D eigenvalue weighted by atomic mass is 10.2. The number of thiazole rings is 1. The van der Waals surface area contributed by atoms with Crippen LogP contribution in [-0.4, -0.2) is 41.2 Å². The largest absolute Gasteiger partial charge is 0.310 e. The maximum Gasteiger partial charge on any atom is 0.241 e. The number of aromatic nitrogens is 1. The Morgan fingerprint density at radius 2 is 2.21 bits per heavy atom. The molecule has 2 heterocycles. The van der Waals surface area contributed by atoms with Crippen LogP contribution in [0.4, 0.5) is 5.69 Å². The smallest absolute Gasteiger partial charge is 0.241 e. The van der Waals surface area contributed by atoms with Gasteiger partial charge in [-0.05, 0) is 32.5 Å². The minimum Gasteiger partial charge on any atom is -0.310 e. The molecule has 0 saturated carbocycles. The Hall–Kier alpha value is -1.37. The van der Waals surface area contributed by atoms with E-state index in [0.29, 0.717) is 11.8 Å². The van der Waals surface area contributed by atoms with Gasteiger partial charge in [0.25, 0.3) is 0 Å². The molecule has 6 heteroatoms. The second-order valence-corrected chi connectivity index (χ2v) is 9.05. The number of hydrogen-bond acceptors (Lipinski definition) is 5. The molecule has 128 valence electrons. The van der Waals surface area contributed by atoms with Crippen molar-refractivity contribution in [2.75, 3.05) is 25.0 Å². The van der Waals surface area contributed by atoms with Crippen molar-refractivity contribution in [3.63, 3.8) is 0 Å². The number of para-hydroxylation sites is 1. The molecule has 1 atom stereocenters. The normalized spacial score (nSPS) is 17.7. The summed E-state index contributed by atoms with van der Waals surface area (Å²) in [5.74, 6) is 0.167. The van der Waals surface area contributed by atoms with Gasteiger partial charge in [-0.2, -0.15) is 0 Å². The lowest BCUT2D eigenvalue weighted by Crippen LogP contribution is -2.39. The van der Waals surface area contributed by atoms with E-state index in [1.54, 1.807) is 11.3 Å². The number of rotatable bonds is 4. The van der Waals surface area contributed by atoms with Crippen molar-refractivity contribution in [3.8, 4) is 0 Å². The number of carbonyl (C=O) groups is 1. The Morgan fingerprint density at radius 3 is 2.96 bits per heavy atom. The molecule has 0 bridgehead atoms. The molecule has 0 spiro atoms. The standard InChI is InChI=1S/C18H23N3OS2/c1-13-8-9-21(16-6-4-5-7-17(16)23-13)18(22)12-20(3)11-15-10-19-14(2)24-15/h4-7,10,13H,8-9,11-12H2,1-3H3. The molecule has 4 nitrogen and oxygen atoms in total. The van der Waals surface area contributed by atoms with Gasteiger partial charge in [-0.1, -0.05) is 19.1 Å². The summed E-state index contributed by atoms with van der Waals surface area (Å²) in [4.78, 5) is 23.6. The first kappa shape index (κ1) is 17.5. The van der Waals surface area contributed by atoms with Gasteiger partial charge in [0.15, 0.2) is 0 Å². The van der Waals surface area contributed by atoms with Crippen molar-refractivity contribution in [2.24, 2.45) is 0 Å². The number of benzene rings is 1. The van der Waals surface area contributed by atoms with Gasteiger partial charge in [0.1, 0.15) is 0 Å². The quantitative estimate of drug-likeness (QED) is 0.830. The Kier molecular flexibility index (Phi) is 5.58. The second-order valence-electron chi connectivity index (χ2n) is 6.25. The highest BCUT2D eigenvalue weighted by atomic mass is 32.2. The molecule has 0 fully saturated rings. The summed E-state index contributed by atoms with van der Waals surface area (Å²) in [5, 5.41) is 1.60. The van der Waals surface area contributed by atoms with E-state index in [-0.39, 0.29) is 5.91 Å². The van der Waals surface area contributed by atoms with Crippen LogP contribution in [0, 0.1) is 6.92 Å². The summed E-state index contributed by atoms with van der Waals surface area (Å²) in [7, 11) is 1.99. The number of anilines is 1. The molecule has 1 aliphatic heterocycles. The Bertz CT molecular complexity index is 716. The van der Waals surface area contributed by atoms with E-state index in [1.807, 2.05) is 49.0 Å². The van der Waals surface area contributed by atoms with Crippen molar-refractivity contribution < 1.29 is 4.79 Å². The number of nitrogens with zero attached hydrogens (tertiary/aromatic N) is 3. The van der Waals surface area contributed by atoms with Gasteiger partial charge < -0.3 is 4.90 Å². The third-order valence-corrected chi connectivity index (χ3v) is 6.18. The van der Waals surface area contributed by atoms with Crippen LogP contribution in [0.2, 0.25) is 0 Å². The number of amides is 1. The van der Waals surface area contributed by atoms with E-state index in [4.69, 9.17) is 0 Å². The number of likely N-dealkylation sites (N-methyl/N-ethyl adjacent to an activating group) is 1. The van der Waals surface area contributed by atoms with E-state index in [0.717, 1.165) is 30.2 Å². The first-order valence-electron chi connectivity index (χ1n) is 8.19. The van der Waals surface area contributed by atoms with E-state index >= 15 is 0 Å². The number of aryl methyl sites for hydroxylation is 1. The Labute approximate surface area is 151 Å². The average molecular weight is 362 g/mol. The Morgan fingerprint density at radius 1 is 1.42 bits per heavy atom. The van der Waals surface area contributed by atoms with Gasteiger partial charge in [0.05, 0.1) is 17.2 Å². The predicted octanol–water partition coefficient (Wildman–Crippen LogP) is 3.80. The van der Waals surface area contributed by atoms with Crippen LogP contribution in [0.3, 0.4) is 0 Å². The van der Waals surface area contributed by atoms with Crippen LogP contribution in [0.1, 0.15) is 23.2 Å². The van der Waals surface area contributed by atoms with E-state index in [9.17, 15) is 4.79 Å². The van der Waals surface area contributed by atoms with E-state index in [1.165, 1.54) is 9.77 Å². The van der Waals surface area contributed by atoms with Gasteiger partial charge in [0.2, 0.25) is 5.91 Å². The first-order valence-corrected chi connectivity index (χ1v) is 9.88. The van der Waals surface area contributed by atoms with Gasteiger partial charge in [-0.3, -0.25) is 9.69 Å². The van der Waals surface area contributed by atoms with Crippen LogP contribution in [-0.2, 0) is 11.3 Å². The molecule has 1 unspecified atom stereocenters. The van der Waals surface area contributed by atoms with Crippen molar-refractivity contribution >= 4 is 34.7 Å². The fraction of sp³-hybridized carbons (Fsp3) is 0.444. The maximum absolute atomic E-state index is 12.9. The maximum atomic E-state index is 12.9. The molecular formula is C18H23N3OS2. The first-order chi connectivity index (χ1) is 11.5. The second kappa shape index (κ2) is 7.68. The highest BCUT2D eigenvalue weighted by Crippen LogP contribution is 2.37. The lowest BCUT2D eigenvalue weighted by molar-refractivity contribution is -0.119. The van der Waals surface area contributed by atoms with Gasteiger partial charge in [0, 0.05) is 34.3 Å². The summed E-state index contributed by atoms with van der Waals surface area (Å²) in [5.41, 5.74) is 1.05. The van der Waals surface area contributed by atoms with Crippen LogP contribution in [0.15, 0.2) is 35.4 Å². The molecule has 3 rings (SSSR count). The van der Waals surface area contributed by atoms with Gasteiger partial charge in [-0.15, -0.1) is 23.1 Å². The molecule has 0 radical (unpaired) electrons. The number of carbonyl (C=O) groups excluding carboxylic acids is 1. The molecular weight excluding hydrogens is 338 g/mol. The lowest BCUT2D eigenvalue weighted by Gasteiger charge is -2.25. The van der Waals surface area contributed by atoms with E-state index < -0.39 is 0 Å². The summed E-state index contributed by atoms with van der Waals surface area (Å²) >= 11 is 3.55. The third-order valence-electron chi connectivity index (χ3n) is 4.04. The third kappa shape index (κ3) is 4.18. The fourth-order valence-corrected chi connectivity index (χ4v) is 4.85. The number of hydrogen-bond donors (Lipinski definition) is 0. The molecule has 1 amide bonds. The molecule has 0 aliphatic carbocycles. The predicted molar refractivity (Wildman–Crippen MR) is 102 cm³/mol. The van der Waals surface area contributed by atoms with Crippen LogP contribution < -0.4 is 4.90 Å². The number of thioether (sulfide) groups is 1. The molecule has 0 saturated heterocycles. The van der Waals surface area contributed by atoms with E-state index in [2.05, 4.69) is 28.9 Å². The van der Waals surface area contributed by atoms with Crippen molar-refractivity contribution in [2.45, 2.75) is 37.0 Å². The zero-order valence-electron chi connectivity index (χ0n) is 14.4. The minimum absolute atomic E-state index is 0.167. The summed E-state index contributed by atoms with van der Waals surface area (Å²) < 4.78 is 0. The molecule has 2 aromatic rings. The van der Waals surface area contributed by atoms with Gasteiger partial charge in [-0.25, -0.2) is 4.98 Å². The van der Waals surface area contributed by atoms with Gasteiger partial charge >= 0.3 is 0 Å². The summed E-state index contributed by atoms with van der Waals surface area (Å²) in [6, 6.07) is 8.24. The highest BCUT2D eigenvalue weighted by molar-refractivity contribution is 8.00. The summed E-state index contributed by atoms with van der Waals surface area (Å²) in [6.07, 6.45) is 2.92. The van der Waals surface area contributed by atoms with Crippen molar-refractivity contribution in [3.05, 3.63) is 40.3 Å². The molecule has 1 aromatic carbocycles. The molecule has 24 heavy (non-hydrogen) atoms. The summed E-state index contributed by atoms with van der Waals surface area (Å²) in [6.45, 7) is 6.21. The number of fused-ring (bicyclic) bond motifs is 1. The molecule has 1 aromatic heterocycles. The monoisotopic (exact) mass is 361 g/mol. The average Bonchev–Trinajstić information content (AvgIpc) is 2.85. The zero-order chi connectivity index (χ0) is 17.1. The zero-order valence-corrected chi connectivity index (χ0v) is 16.0. The van der Waals surface area contributed by atoms with Crippen LogP contribution >= 0.6 is 23.1 Å². The highest BCUT2D eigenvalue weighted by Gasteiger charge is 2.24. The van der Waals surface area contributed by atoms with Crippen molar-refractivity contribution in [1.82, 2.24) is 9.88 Å². The van der Waals surface area contributed by atoms with Crippen molar-refractivity contribution in [1.29, 1.82) is 0 Å². The SMILES string of the molecule is Cc1ncc(CN(C)CC(=O)N2CCC(C)Sc3ccccc32)s1.